The molecule has 0 aliphatic carbocycles. The number of aryl methyl sites for hydroxylation is 2. The summed E-state index contributed by atoms with van der Waals surface area (Å²) in [5.41, 5.74) is 14.0. The van der Waals surface area contributed by atoms with Crippen molar-refractivity contribution in [2.75, 3.05) is 22.9 Å². The van der Waals surface area contributed by atoms with Crippen molar-refractivity contribution in [3.63, 3.8) is 0 Å². The van der Waals surface area contributed by atoms with Crippen LogP contribution in [0.15, 0.2) is 115 Å². The van der Waals surface area contributed by atoms with E-state index in [1.165, 1.54) is 79.1 Å². The molecule has 4 aromatic carbocycles. The number of rotatable bonds is 12. The number of benzene rings is 4. The monoisotopic (exact) mass is 813 g/mol. The van der Waals surface area contributed by atoms with Crippen molar-refractivity contribution in [3.8, 4) is 15.8 Å². The summed E-state index contributed by atoms with van der Waals surface area (Å²) in [6.45, 7) is 11.1. The van der Waals surface area contributed by atoms with Crippen LogP contribution < -0.4 is 9.80 Å². The predicted octanol–water partition coefficient (Wildman–Crippen LogP) is 14.3. The molecule has 2 aromatic heterocycles. The Hall–Kier alpha value is -5.68. The van der Waals surface area contributed by atoms with Gasteiger partial charge in [0.1, 0.15) is 11.6 Å². The summed E-state index contributed by atoms with van der Waals surface area (Å²) >= 11 is 3.22. The molecule has 4 heterocycles. The summed E-state index contributed by atoms with van der Waals surface area (Å²) in [6, 6.07) is 42.5. The lowest BCUT2D eigenvalue weighted by atomic mass is 9.89. The van der Waals surface area contributed by atoms with Gasteiger partial charge in [0.05, 0.1) is 0 Å². The van der Waals surface area contributed by atoms with Gasteiger partial charge in [0.2, 0.25) is 0 Å². The summed E-state index contributed by atoms with van der Waals surface area (Å²) in [5, 5.41) is 18.6. The lowest BCUT2D eigenvalue weighted by Crippen LogP contribution is -2.24. The van der Waals surface area contributed by atoms with E-state index in [0.29, 0.717) is 11.8 Å². The Morgan fingerprint density at radius 3 is 1.56 bits per heavy atom. The van der Waals surface area contributed by atoms with Gasteiger partial charge in [0.15, 0.2) is 0 Å². The van der Waals surface area contributed by atoms with Crippen LogP contribution in [-0.2, 0) is 17.6 Å². The van der Waals surface area contributed by atoms with Crippen molar-refractivity contribution in [3.05, 3.63) is 158 Å². The van der Waals surface area contributed by atoms with Crippen molar-refractivity contribution < 1.29 is 9.90 Å². The maximum absolute atomic E-state index is 11.5. The molecule has 0 amide bonds. The second-order valence-corrected chi connectivity index (χ2v) is 18.2. The zero-order chi connectivity index (χ0) is 41.0. The van der Waals surface area contributed by atoms with Gasteiger partial charge in [0.25, 0.3) is 0 Å². The summed E-state index contributed by atoms with van der Waals surface area (Å²) < 4.78 is 0. The highest BCUT2D eigenvalue weighted by Gasteiger charge is 2.23. The molecule has 0 spiro atoms. The first kappa shape index (κ1) is 40.1. The highest BCUT2D eigenvalue weighted by Crippen LogP contribution is 2.42. The normalized spacial score (nSPS) is 14.9. The standard InChI is InChI=1S/C52H51N3O2S2/c1-5-34(3)36-11-17-43(18-12-36)54-27-7-9-40-29-38(15-23-48(40)54)47(32-46-22-26-51(59-46)50-25-21-45(58-50)31-42(33-53)52(56)57)39-16-24-49-41(30-39)10-8-28-55(49)44-19-13-37(14-20-44)35(4)6-2/h11-26,29-32,34-35H,5-10,27-28H2,1-4H3,(H,56,57)/b42-31+,47-32?. The number of thiophene rings is 2. The Morgan fingerprint density at radius 2 is 1.14 bits per heavy atom. The van der Waals surface area contributed by atoms with E-state index in [4.69, 9.17) is 0 Å². The third-order valence-corrected chi connectivity index (χ3v) is 14.5. The van der Waals surface area contributed by atoms with Gasteiger partial charge in [-0.1, -0.05) is 64.1 Å². The molecule has 0 saturated heterocycles. The lowest BCUT2D eigenvalue weighted by molar-refractivity contribution is -0.132. The second kappa shape index (κ2) is 17.7. The van der Waals surface area contributed by atoms with Gasteiger partial charge in [-0.05, 0) is 174 Å². The minimum Gasteiger partial charge on any atom is -0.477 e. The molecule has 0 bridgehead atoms. The van der Waals surface area contributed by atoms with Crippen LogP contribution in [0.4, 0.5) is 22.7 Å². The zero-order valence-electron chi connectivity index (χ0n) is 34.4. The van der Waals surface area contributed by atoms with E-state index in [0.717, 1.165) is 71.1 Å². The maximum atomic E-state index is 11.5. The highest BCUT2D eigenvalue weighted by molar-refractivity contribution is 7.23. The molecule has 0 fully saturated rings. The van der Waals surface area contributed by atoms with Gasteiger partial charge in [-0.2, -0.15) is 5.26 Å². The topological polar surface area (TPSA) is 67.6 Å². The zero-order valence-corrected chi connectivity index (χ0v) is 36.0. The molecule has 0 radical (unpaired) electrons. The fourth-order valence-electron chi connectivity index (χ4n) is 8.39. The van der Waals surface area contributed by atoms with Crippen molar-refractivity contribution in [1.82, 2.24) is 0 Å². The molecule has 1 N–H and O–H groups in total. The highest BCUT2D eigenvalue weighted by atomic mass is 32.1. The average molecular weight is 814 g/mol. The predicted molar refractivity (Wildman–Crippen MR) is 250 cm³/mol. The summed E-state index contributed by atoms with van der Waals surface area (Å²) in [4.78, 5) is 20.5. The molecule has 298 valence electrons. The van der Waals surface area contributed by atoms with Gasteiger partial charge in [-0.25, -0.2) is 4.79 Å². The van der Waals surface area contributed by atoms with Crippen molar-refractivity contribution in [2.24, 2.45) is 0 Å². The Labute approximate surface area is 357 Å². The minimum atomic E-state index is -1.21. The molecule has 2 aliphatic rings. The van der Waals surface area contributed by atoms with Crippen LogP contribution in [0.1, 0.15) is 108 Å². The van der Waals surface area contributed by atoms with Crippen LogP contribution in [0, 0.1) is 11.3 Å². The van der Waals surface area contributed by atoms with Crippen molar-refractivity contribution >= 4 is 69.1 Å². The fraction of sp³-hybridized carbons (Fsp3) is 0.269. The molecule has 0 saturated carbocycles. The van der Waals surface area contributed by atoms with E-state index in [1.54, 1.807) is 17.4 Å². The number of carboxylic acids is 1. The average Bonchev–Trinajstić information content (AvgIpc) is 3.96. The van der Waals surface area contributed by atoms with Gasteiger partial charge in [0, 0.05) is 55.3 Å². The van der Waals surface area contributed by atoms with Gasteiger partial charge in [-0.3, -0.25) is 0 Å². The van der Waals surface area contributed by atoms with E-state index in [9.17, 15) is 15.2 Å². The number of nitriles is 1. The number of nitrogens with zero attached hydrogens (tertiary/aromatic N) is 3. The first-order valence-corrected chi connectivity index (χ1v) is 22.6. The molecule has 2 atom stereocenters. The number of hydrogen-bond donors (Lipinski definition) is 1. The van der Waals surface area contributed by atoms with Crippen molar-refractivity contribution in [1.29, 1.82) is 5.26 Å². The van der Waals surface area contributed by atoms with E-state index in [2.05, 4.69) is 141 Å². The molecule has 7 heteroatoms. The Morgan fingerprint density at radius 1 is 0.678 bits per heavy atom. The first-order chi connectivity index (χ1) is 28.7. The van der Waals surface area contributed by atoms with E-state index in [-0.39, 0.29) is 5.57 Å². The van der Waals surface area contributed by atoms with Crippen LogP contribution in [0.3, 0.4) is 0 Å². The van der Waals surface area contributed by atoms with Gasteiger partial charge < -0.3 is 14.9 Å². The Bertz CT molecular complexity index is 2450. The SMILES string of the molecule is CCC(C)c1ccc(N2CCCc3cc(C(=Cc4ccc(-c5ccc(/C=C(\C#N)C(=O)O)s5)s4)c4ccc5c(c4)CCCN5c4ccc(C(C)CC)cc4)ccc32)cc1. The van der Waals surface area contributed by atoms with Gasteiger partial charge >= 0.3 is 5.97 Å². The molecular formula is C52H51N3O2S2. The molecule has 5 nitrogen and oxygen atoms in total. The molecule has 2 unspecified atom stereocenters. The minimum absolute atomic E-state index is 0.266. The van der Waals surface area contributed by atoms with Gasteiger partial charge in [-0.15, -0.1) is 22.7 Å². The van der Waals surface area contributed by atoms with Crippen LogP contribution in [0.2, 0.25) is 0 Å². The third-order valence-electron chi connectivity index (χ3n) is 12.2. The number of carboxylic acid groups (broad SMARTS) is 1. The molecule has 59 heavy (non-hydrogen) atoms. The number of anilines is 4. The van der Waals surface area contributed by atoms with Crippen LogP contribution in [0.5, 0.6) is 0 Å². The molecule has 6 aromatic rings. The third kappa shape index (κ3) is 8.57. The quantitative estimate of drug-likeness (QED) is 0.0984. The largest absolute Gasteiger partial charge is 0.477 e. The smallest absolute Gasteiger partial charge is 0.346 e. The first-order valence-electron chi connectivity index (χ1n) is 21.0. The summed E-state index contributed by atoms with van der Waals surface area (Å²) in [6.07, 6.45) is 10.3. The van der Waals surface area contributed by atoms with E-state index >= 15 is 0 Å². The maximum Gasteiger partial charge on any atom is 0.346 e. The van der Waals surface area contributed by atoms with Crippen LogP contribution in [-0.4, -0.2) is 24.2 Å². The van der Waals surface area contributed by atoms with Crippen molar-refractivity contribution in [2.45, 2.75) is 78.1 Å². The fourth-order valence-corrected chi connectivity index (χ4v) is 10.4. The van der Waals surface area contributed by atoms with Crippen LogP contribution >= 0.6 is 22.7 Å². The Balaban J connectivity index is 1.16. The second-order valence-electron chi connectivity index (χ2n) is 15.9. The number of fused-ring (bicyclic) bond motifs is 2. The molecule has 2 aliphatic heterocycles. The molecular weight excluding hydrogens is 763 g/mol. The lowest BCUT2D eigenvalue weighted by Gasteiger charge is -2.33. The van der Waals surface area contributed by atoms with E-state index < -0.39 is 5.97 Å². The Kier molecular flexibility index (Phi) is 12.0. The summed E-state index contributed by atoms with van der Waals surface area (Å²) in [5.74, 6) is -0.104. The van der Waals surface area contributed by atoms with Crippen LogP contribution in [0.25, 0.3) is 27.5 Å². The number of aliphatic carboxylic acids is 1. The number of hydrogen-bond acceptors (Lipinski definition) is 6. The number of carbonyl (C=O) groups is 1. The van der Waals surface area contributed by atoms with E-state index in [1.807, 2.05) is 12.1 Å². The summed E-state index contributed by atoms with van der Waals surface area (Å²) in [7, 11) is 0. The molecule has 8 rings (SSSR count).